The Balaban J connectivity index is 1.94. The third kappa shape index (κ3) is 3.95. The average Bonchev–Trinajstić information content (AvgIpc) is 2.46. The molecule has 1 aromatic carbocycles. The van der Waals surface area contributed by atoms with E-state index in [1.807, 2.05) is 12.1 Å². The van der Waals surface area contributed by atoms with E-state index >= 15 is 0 Å². The van der Waals surface area contributed by atoms with Crippen LogP contribution in [0.5, 0.6) is 5.75 Å². The topological polar surface area (TPSA) is 44.5 Å². The highest BCUT2D eigenvalue weighted by molar-refractivity contribution is 5.39. The zero-order chi connectivity index (χ0) is 13.7. The third-order valence-electron chi connectivity index (χ3n) is 3.85. The number of aryl methyl sites for hydroxylation is 1. The summed E-state index contributed by atoms with van der Waals surface area (Å²) in [4.78, 5) is 0. The lowest BCUT2D eigenvalue weighted by molar-refractivity contribution is 0.0203. The van der Waals surface area contributed by atoms with Crippen molar-refractivity contribution in [3.05, 3.63) is 29.3 Å². The standard InChI is InChI=1S/C16H25NO2/c1-12-8-9-16(18-2)14(10-12)15(17)11-19-13-6-4-3-5-7-13/h8-10,13,15H,3-7,11,17H2,1-2H3. The van der Waals surface area contributed by atoms with E-state index in [1.54, 1.807) is 7.11 Å². The normalized spacial score (nSPS) is 18.3. The SMILES string of the molecule is COc1ccc(C)cc1C(N)COC1CCCCC1. The van der Waals surface area contributed by atoms with E-state index in [0.29, 0.717) is 12.7 Å². The molecule has 1 aliphatic rings. The van der Waals surface area contributed by atoms with Gasteiger partial charge in [0, 0.05) is 5.56 Å². The van der Waals surface area contributed by atoms with Crippen molar-refractivity contribution in [2.45, 2.75) is 51.2 Å². The van der Waals surface area contributed by atoms with E-state index in [2.05, 4.69) is 13.0 Å². The van der Waals surface area contributed by atoms with Gasteiger partial charge in [-0.25, -0.2) is 0 Å². The monoisotopic (exact) mass is 263 g/mol. The molecule has 3 heteroatoms. The van der Waals surface area contributed by atoms with Crippen LogP contribution in [0.3, 0.4) is 0 Å². The van der Waals surface area contributed by atoms with Crippen LogP contribution < -0.4 is 10.5 Å². The molecule has 1 fully saturated rings. The molecule has 0 spiro atoms. The van der Waals surface area contributed by atoms with Crippen LogP contribution in [0.25, 0.3) is 0 Å². The number of benzene rings is 1. The fourth-order valence-electron chi connectivity index (χ4n) is 2.70. The van der Waals surface area contributed by atoms with Crippen LogP contribution in [0.2, 0.25) is 0 Å². The van der Waals surface area contributed by atoms with Gasteiger partial charge in [0.05, 0.1) is 25.9 Å². The number of nitrogens with two attached hydrogens (primary N) is 1. The molecule has 0 amide bonds. The molecule has 0 aliphatic heterocycles. The van der Waals surface area contributed by atoms with Crippen LogP contribution in [0.4, 0.5) is 0 Å². The molecule has 106 valence electrons. The van der Waals surface area contributed by atoms with E-state index in [9.17, 15) is 0 Å². The first-order valence-corrected chi connectivity index (χ1v) is 7.22. The lowest BCUT2D eigenvalue weighted by atomic mass is 9.97. The van der Waals surface area contributed by atoms with Crippen LogP contribution in [0, 0.1) is 6.92 Å². The number of hydrogen-bond donors (Lipinski definition) is 1. The highest BCUT2D eigenvalue weighted by Crippen LogP contribution is 2.27. The van der Waals surface area contributed by atoms with Gasteiger partial charge in [0.15, 0.2) is 0 Å². The maximum absolute atomic E-state index is 6.25. The molecule has 0 bridgehead atoms. The molecule has 2 N–H and O–H groups in total. The summed E-state index contributed by atoms with van der Waals surface area (Å²) >= 11 is 0. The molecule has 1 atom stereocenters. The first-order chi connectivity index (χ1) is 9.20. The number of rotatable bonds is 5. The molecule has 1 unspecified atom stereocenters. The Labute approximate surface area is 116 Å². The van der Waals surface area contributed by atoms with Crippen LogP contribution in [0.1, 0.15) is 49.3 Å². The van der Waals surface area contributed by atoms with Gasteiger partial charge in [0.1, 0.15) is 5.75 Å². The van der Waals surface area contributed by atoms with Crippen LogP contribution >= 0.6 is 0 Å². The van der Waals surface area contributed by atoms with Gasteiger partial charge < -0.3 is 15.2 Å². The molecule has 19 heavy (non-hydrogen) atoms. The minimum absolute atomic E-state index is 0.114. The van der Waals surface area contributed by atoms with E-state index in [4.69, 9.17) is 15.2 Å². The third-order valence-corrected chi connectivity index (χ3v) is 3.85. The van der Waals surface area contributed by atoms with Crippen LogP contribution in [-0.2, 0) is 4.74 Å². The van der Waals surface area contributed by atoms with Gasteiger partial charge in [0.25, 0.3) is 0 Å². The summed E-state index contributed by atoms with van der Waals surface area (Å²) in [6.45, 7) is 2.64. The Morgan fingerprint density at radius 3 is 2.68 bits per heavy atom. The average molecular weight is 263 g/mol. The Hall–Kier alpha value is -1.06. The highest BCUT2D eigenvalue weighted by Gasteiger charge is 2.17. The summed E-state index contributed by atoms with van der Waals surface area (Å²) in [6, 6.07) is 5.99. The van der Waals surface area contributed by atoms with E-state index < -0.39 is 0 Å². The second-order valence-corrected chi connectivity index (χ2v) is 5.45. The fraction of sp³-hybridized carbons (Fsp3) is 0.625. The van der Waals surface area contributed by atoms with Gasteiger partial charge in [-0.05, 0) is 25.8 Å². The van der Waals surface area contributed by atoms with Crippen molar-refractivity contribution in [1.29, 1.82) is 0 Å². The molecule has 0 saturated heterocycles. The van der Waals surface area contributed by atoms with E-state index in [1.165, 1.54) is 37.7 Å². The number of hydrogen-bond acceptors (Lipinski definition) is 3. The molecule has 1 aromatic rings. The molecule has 0 aromatic heterocycles. The van der Waals surface area contributed by atoms with Gasteiger partial charge >= 0.3 is 0 Å². The number of ether oxygens (including phenoxy) is 2. The van der Waals surface area contributed by atoms with Gasteiger partial charge in [-0.15, -0.1) is 0 Å². The first-order valence-electron chi connectivity index (χ1n) is 7.22. The quantitative estimate of drug-likeness (QED) is 0.886. The van der Waals surface area contributed by atoms with Crippen molar-refractivity contribution >= 4 is 0 Å². The Morgan fingerprint density at radius 2 is 2.00 bits per heavy atom. The second kappa shape index (κ2) is 6.92. The van der Waals surface area contributed by atoms with Gasteiger partial charge in [-0.2, -0.15) is 0 Å². The molecule has 1 aliphatic carbocycles. The molecule has 0 heterocycles. The Morgan fingerprint density at radius 1 is 1.26 bits per heavy atom. The summed E-state index contributed by atoms with van der Waals surface area (Å²) in [5.74, 6) is 0.852. The van der Waals surface area contributed by atoms with Crippen molar-refractivity contribution < 1.29 is 9.47 Å². The smallest absolute Gasteiger partial charge is 0.123 e. The molecule has 1 saturated carbocycles. The van der Waals surface area contributed by atoms with Gasteiger partial charge in [-0.1, -0.05) is 37.0 Å². The molecule has 3 nitrogen and oxygen atoms in total. The van der Waals surface area contributed by atoms with Crippen LogP contribution in [0.15, 0.2) is 18.2 Å². The Kier molecular flexibility index (Phi) is 5.23. The first kappa shape index (κ1) is 14.4. The molecule has 2 rings (SSSR count). The Bertz CT molecular complexity index is 400. The predicted octanol–water partition coefficient (Wildman–Crippen LogP) is 3.35. The summed E-state index contributed by atoms with van der Waals surface area (Å²) in [5.41, 5.74) is 8.49. The second-order valence-electron chi connectivity index (χ2n) is 5.45. The zero-order valence-corrected chi connectivity index (χ0v) is 12.0. The van der Waals surface area contributed by atoms with Crippen molar-refractivity contribution in [3.8, 4) is 5.75 Å². The summed E-state index contributed by atoms with van der Waals surface area (Å²) < 4.78 is 11.3. The zero-order valence-electron chi connectivity index (χ0n) is 12.0. The molecular formula is C16H25NO2. The largest absolute Gasteiger partial charge is 0.496 e. The molecule has 0 radical (unpaired) electrons. The van der Waals surface area contributed by atoms with E-state index in [0.717, 1.165) is 11.3 Å². The predicted molar refractivity (Wildman–Crippen MR) is 77.5 cm³/mol. The lowest BCUT2D eigenvalue weighted by Crippen LogP contribution is -2.24. The van der Waals surface area contributed by atoms with Crippen molar-refractivity contribution in [3.63, 3.8) is 0 Å². The van der Waals surface area contributed by atoms with Crippen molar-refractivity contribution in [2.75, 3.05) is 13.7 Å². The lowest BCUT2D eigenvalue weighted by Gasteiger charge is -2.24. The summed E-state index contributed by atoms with van der Waals surface area (Å²) in [5, 5.41) is 0. The molecular weight excluding hydrogens is 238 g/mol. The number of methoxy groups -OCH3 is 1. The highest BCUT2D eigenvalue weighted by atomic mass is 16.5. The van der Waals surface area contributed by atoms with Crippen molar-refractivity contribution in [1.82, 2.24) is 0 Å². The summed E-state index contributed by atoms with van der Waals surface area (Å²) in [6.07, 6.45) is 6.67. The maximum atomic E-state index is 6.25. The van der Waals surface area contributed by atoms with E-state index in [-0.39, 0.29) is 6.04 Å². The minimum Gasteiger partial charge on any atom is -0.496 e. The van der Waals surface area contributed by atoms with Gasteiger partial charge in [0.2, 0.25) is 0 Å². The van der Waals surface area contributed by atoms with Gasteiger partial charge in [-0.3, -0.25) is 0 Å². The summed E-state index contributed by atoms with van der Waals surface area (Å²) in [7, 11) is 1.68. The van der Waals surface area contributed by atoms with Crippen molar-refractivity contribution in [2.24, 2.45) is 5.73 Å². The fourth-order valence-corrected chi connectivity index (χ4v) is 2.70. The van der Waals surface area contributed by atoms with Crippen LogP contribution in [-0.4, -0.2) is 19.8 Å². The minimum atomic E-state index is -0.114. The maximum Gasteiger partial charge on any atom is 0.123 e.